The Morgan fingerprint density at radius 1 is 0.960 bits per heavy atom. The van der Waals surface area contributed by atoms with Crippen LogP contribution in [0.1, 0.15) is 5.56 Å². The van der Waals surface area contributed by atoms with E-state index in [-0.39, 0.29) is 18.0 Å². The number of hydrogen-bond acceptors (Lipinski definition) is 3. The van der Waals surface area contributed by atoms with Gasteiger partial charge in [0, 0.05) is 36.9 Å². The van der Waals surface area contributed by atoms with Crippen molar-refractivity contribution in [2.45, 2.75) is 11.8 Å². The number of halogens is 3. The molecule has 0 radical (unpaired) electrons. The number of sulfonamides is 1. The van der Waals surface area contributed by atoms with Crippen LogP contribution in [0.5, 0.6) is 0 Å². The molecule has 0 spiro atoms. The van der Waals surface area contributed by atoms with E-state index in [0.717, 1.165) is 29.4 Å². The van der Waals surface area contributed by atoms with Crippen LogP contribution in [-0.2, 0) is 10.0 Å². The van der Waals surface area contributed by atoms with E-state index in [2.05, 4.69) is 4.90 Å². The highest BCUT2D eigenvalue weighted by molar-refractivity contribution is 7.89. The van der Waals surface area contributed by atoms with Gasteiger partial charge < -0.3 is 4.90 Å². The summed E-state index contributed by atoms with van der Waals surface area (Å²) in [6, 6.07) is 8.22. The minimum Gasteiger partial charge on any atom is -0.369 e. The van der Waals surface area contributed by atoms with Gasteiger partial charge >= 0.3 is 0 Å². The van der Waals surface area contributed by atoms with Crippen LogP contribution in [0.2, 0.25) is 5.02 Å². The smallest absolute Gasteiger partial charge is 0.243 e. The predicted octanol–water partition coefficient (Wildman–Crippen LogP) is 3.44. The Labute approximate surface area is 150 Å². The lowest BCUT2D eigenvalue weighted by atomic mass is 10.1. The van der Waals surface area contributed by atoms with Crippen LogP contribution in [0, 0.1) is 18.6 Å². The summed E-state index contributed by atoms with van der Waals surface area (Å²) in [5.41, 5.74) is 2.03. The summed E-state index contributed by atoms with van der Waals surface area (Å²) >= 11 is 6.05. The molecule has 1 fully saturated rings. The van der Waals surface area contributed by atoms with E-state index < -0.39 is 21.7 Å². The van der Waals surface area contributed by atoms with Gasteiger partial charge in [0.15, 0.2) is 11.6 Å². The molecule has 1 aliphatic rings. The Hall–Kier alpha value is -1.70. The van der Waals surface area contributed by atoms with Crippen molar-refractivity contribution in [3.8, 4) is 0 Å². The SMILES string of the molecule is Cc1ccc(Cl)cc1N1CCN(S(=O)(=O)c2ccc(F)c(F)c2)CC1. The van der Waals surface area contributed by atoms with Crippen LogP contribution < -0.4 is 4.90 Å². The molecule has 0 N–H and O–H groups in total. The van der Waals surface area contributed by atoms with Crippen molar-refractivity contribution >= 4 is 27.3 Å². The molecule has 4 nitrogen and oxygen atoms in total. The maximum atomic E-state index is 13.4. The molecule has 1 heterocycles. The highest BCUT2D eigenvalue weighted by Crippen LogP contribution is 2.27. The van der Waals surface area contributed by atoms with E-state index in [9.17, 15) is 17.2 Å². The highest BCUT2D eigenvalue weighted by atomic mass is 35.5. The van der Waals surface area contributed by atoms with Crippen molar-refractivity contribution in [1.82, 2.24) is 4.31 Å². The Bertz CT molecular complexity index is 898. The molecule has 1 saturated heterocycles. The lowest BCUT2D eigenvalue weighted by molar-refractivity contribution is 0.384. The van der Waals surface area contributed by atoms with Gasteiger partial charge in [-0.2, -0.15) is 4.31 Å². The van der Waals surface area contributed by atoms with Gasteiger partial charge in [-0.1, -0.05) is 17.7 Å². The van der Waals surface area contributed by atoms with E-state index in [1.165, 1.54) is 4.31 Å². The Balaban J connectivity index is 1.77. The number of piperazine rings is 1. The Morgan fingerprint density at radius 2 is 1.64 bits per heavy atom. The summed E-state index contributed by atoms with van der Waals surface area (Å²) in [6.45, 7) is 3.46. The van der Waals surface area contributed by atoms with Crippen molar-refractivity contribution in [3.05, 3.63) is 58.6 Å². The summed E-state index contributed by atoms with van der Waals surface area (Å²) in [4.78, 5) is 1.83. The average Bonchev–Trinajstić information content (AvgIpc) is 2.59. The molecule has 1 aliphatic heterocycles. The van der Waals surface area contributed by atoms with Crippen LogP contribution in [0.25, 0.3) is 0 Å². The first kappa shape index (κ1) is 18.1. The van der Waals surface area contributed by atoms with Crippen molar-refractivity contribution in [3.63, 3.8) is 0 Å². The van der Waals surface area contributed by atoms with Crippen LogP contribution in [0.4, 0.5) is 14.5 Å². The first-order chi connectivity index (χ1) is 11.8. The van der Waals surface area contributed by atoms with Crippen molar-refractivity contribution in [2.75, 3.05) is 31.1 Å². The topological polar surface area (TPSA) is 40.6 Å². The first-order valence-electron chi connectivity index (χ1n) is 7.75. The standard InChI is InChI=1S/C17H17ClF2N2O2S/c1-12-2-3-13(18)10-17(12)21-6-8-22(9-7-21)25(23,24)14-4-5-15(19)16(20)11-14/h2-5,10-11H,6-9H2,1H3. The summed E-state index contributed by atoms with van der Waals surface area (Å²) in [7, 11) is -3.85. The number of anilines is 1. The summed E-state index contributed by atoms with van der Waals surface area (Å²) < 4.78 is 52.9. The quantitative estimate of drug-likeness (QED) is 0.811. The number of rotatable bonds is 3. The maximum Gasteiger partial charge on any atom is 0.243 e. The fourth-order valence-electron chi connectivity index (χ4n) is 2.88. The molecule has 0 aliphatic carbocycles. The van der Waals surface area contributed by atoms with Gasteiger partial charge in [-0.3, -0.25) is 0 Å². The summed E-state index contributed by atoms with van der Waals surface area (Å²) in [6.07, 6.45) is 0. The molecular formula is C17H17ClF2N2O2S. The third-order valence-corrected chi connectivity index (χ3v) is 6.41. The monoisotopic (exact) mass is 386 g/mol. The van der Waals surface area contributed by atoms with Gasteiger partial charge in [0.2, 0.25) is 10.0 Å². The van der Waals surface area contributed by atoms with Crippen LogP contribution in [0.15, 0.2) is 41.3 Å². The lowest BCUT2D eigenvalue weighted by Crippen LogP contribution is -2.48. The summed E-state index contributed by atoms with van der Waals surface area (Å²) in [5, 5.41) is 0.623. The van der Waals surface area contributed by atoms with E-state index in [1.54, 1.807) is 0 Å². The van der Waals surface area contributed by atoms with Gasteiger partial charge in [-0.05, 0) is 42.8 Å². The zero-order chi connectivity index (χ0) is 18.2. The summed E-state index contributed by atoms with van der Waals surface area (Å²) in [5.74, 6) is -2.24. The third-order valence-electron chi connectivity index (χ3n) is 4.28. The molecule has 2 aromatic rings. The molecular weight excluding hydrogens is 370 g/mol. The number of aryl methyl sites for hydroxylation is 1. The molecule has 25 heavy (non-hydrogen) atoms. The molecule has 0 bridgehead atoms. The third kappa shape index (κ3) is 3.63. The van der Waals surface area contributed by atoms with E-state index >= 15 is 0 Å². The first-order valence-corrected chi connectivity index (χ1v) is 9.57. The second-order valence-corrected chi connectivity index (χ2v) is 8.27. The molecule has 0 unspecified atom stereocenters. The lowest BCUT2D eigenvalue weighted by Gasteiger charge is -2.36. The average molecular weight is 387 g/mol. The highest BCUT2D eigenvalue weighted by Gasteiger charge is 2.29. The number of nitrogens with zero attached hydrogens (tertiary/aromatic N) is 2. The molecule has 0 saturated carbocycles. The largest absolute Gasteiger partial charge is 0.369 e. The van der Waals surface area contributed by atoms with Crippen LogP contribution >= 0.6 is 11.6 Å². The molecule has 2 aromatic carbocycles. The van der Waals surface area contributed by atoms with Gasteiger partial charge in [0.05, 0.1) is 4.90 Å². The second kappa shape index (κ2) is 6.90. The van der Waals surface area contributed by atoms with E-state index in [0.29, 0.717) is 18.1 Å². The molecule has 0 aromatic heterocycles. The van der Waals surface area contributed by atoms with Gasteiger partial charge in [-0.25, -0.2) is 17.2 Å². The predicted molar refractivity (Wildman–Crippen MR) is 93.5 cm³/mol. The number of hydrogen-bond donors (Lipinski definition) is 0. The van der Waals surface area contributed by atoms with Crippen LogP contribution in [-0.4, -0.2) is 38.9 Å². The molecule has 3 rings (SSSR count). The Kier molecular flexibility index (Phi) is 4.99. The molecule has 0 atom stereocenters. The minimum absolute atomic E-state index is 0.237. The maximum absolute atomic E-state index is 13.4. The van der Waals surface area contributed by atoms with Crippen molar-refractivity contribution < 1.29 is 17.2 Å². The zero-order valence-corrected chi connectivity index (χ0v) is 15.1. The van der Waals surface area contributed by atoms with Crippen molar-refractivity contribution in [1.29, 1.82) is 0 Å². The second-order valence-electron chi connectivity index (χ2n) is 5.90. The van der Waals surface area contributed by atoms with Gasteiger partial charge in [0.25, 0.3) is 0 Å². The number of benzene rings is 2. The fraction of sp³-hybridized carbons (Fsp3) is 0.294. The van der Waals surface area contributed by atoms with Crippen molar-refractivity contribution in [2.24, 2.45) is 0 Å². The van der Waals surface area contributed by atoms with Crippen LogP contribution in [0.3, 0.4) is 0 Å². The Morgan fingerprint density at radius 3 is 2.28 bits per heavy atom. The van der Waals surface area contributed by atoms with E-state index in [1.807, 2.05) is 25.1 Å². The van der Waals surface area contributed by atoms with E-state index in [4.69, 9.17) is 11.6 Å². The minimum atomic E-state index is -3.85. The van der Waals surface area contributed by atoms with Gasteiger partial charge in [0.1, 0.15) is 0 Å². The normalized spacial score (nSPS) is 16.2. The molecule has 0 amide bonds. The fourth-order valence-corrected chi connectivity index (χ4v) is 4.48. The van der Waals surface area contributed by atoms with Gasteiger partial charge in [-0.15, -0.1) is 0 Å². The molecule has 134 valence electrons. The zero-order valence-electron chi connectivity index (χ0n) is 13.5. The molecule has 8 heteroatoms.